The van der Waals surface area contributed by atoms with Gasteiger partial charge in [-0.2, -0.15) is 4.98 Å². The number of hydrazine groups is 1. The van der Waals surface area contributed by atoms with Crippen LogP contribution in [0.1, 0.15) is 16.1 Å². The number of hydrogen-bond acceptors (Lipinski definition) is 6. The van der Waals surface area contributed by atoms with Crippen LogP contribution in [0.4, 0.5) is 11.8 Å². The lowest BCUT2D eigenvalue weighted by Gasteiger charge is -2.07. The normalized spacial score (nSPS) is 10.3. The molecule has 5 nitrogen and oxygen atoms in total. The Morgan fingerprint density at radius 2 is 2.18 bits per heavy atom. The summed E-state index contributed by atoms with van der Waals surface area (Å²) in [6.45, 7) is 4.78. The smallest absolute Gasteiger partial charge is 0.239 e. The first-order valence-corrected chi connectivity index (χ1v) is 6.16. The number of anilines is 2. The second kappa shape index (κ2) is 5.11. The number of nitrogens with two attached hydrogens (primary N) is 1. The number of nitrogens with one attached hydrogen (secondary N) is 2. The highest BCUT2D eigenvalue weighted by Crippen LogP contribution is 2.17. The van der Waals surface area contributed by atoms with Crippen molar-refractivity contribution in [1.82, 2.24) is 9.97 Å². The second-order valence-electron chi connectivity index (χ2n) is 3.74. The van der Waals surface area contributed by atoms with Gasteiger partial charge in [0.25, 0.3) is 0 Å². The molecule has 0 unspecified atom stereocenters. The van der Waals surface area contributed by atoms with E-state index >= 15 is 0 Å². The van der Waals surface area contributed by atoms with Crippen LogP contribution in [0.5, 0.6) is 0 Å². The van der Waals surface area contributed by atoms with Crippen molar-refractivity contribution in [3.8, 4) is 0 Å². The van der Waals surface area contributed by atoms with Gasteiger partial charge in [0.05, 0.1) is 6.54 Å². The summed E-state index contributed by atoms with van der Waals surface area (Å²) in [4.78, 5) is 9.67. The molecule has 0 saturated heterocycles. The van der Waals surface area contributed by atoms with E-state index in [2.05, 4.69) is 39.1 Å². The minimum Gasteiger partial charge on any atom is -0.365 e. The Kier molecular flexibility index (Phi) is 3.55. The molecule has 2 aromatic rings. The Morgan fingerprint density at radius 1 is 1.35 bits per heavy atom. The molecular weight excluding hydrogens is 234 g/mol. The minimum absolute atomic E-state index is 0.426. The largest absolute Gasteiger partial charge is 0.365 e. The topological polar surface area (TPSA) is 75.9 Å². The molecule has 0 aromatic carbocycles. The van der Waals surface area contributed by atoms with Gasteiger partial charge in [-0.1, -0.05) is 0 Å². The van der Waals surface area contributed by atoms with E-state index in [0.717, 1.165) is 18.1 Å². The predicted molar refractivity (Wildman–Crippen MR) is 71.0 cm³/mol. The first-order valence-electron chi connectivity index (χ1n) is 5.28. The van der Waals surface area contributed by atoms with Crippen LogP contribution in [0.2, 0.25) is 0 Å². The molecule has 6 heteroatoms. The molecule has 0 fully saturated rings. The summed E-state index contributed by atoms with van der Waals surface area (Å²) in [6, 6.07) is 4.00. The molecule has 0 spiro atoms. The molecule has 2 rings (SSSR count). The third kappa shape index (κ3) is 2.92. The quantitative estimate of drug-likeness (QED) is 0.571. The number of nitrogens with zero attached hydrogens (tertiary/aromatic N) is 2. The lowest BCUT2D eigenvalue weighted by atomic mass is 10.3. The Hall–Kier alpha value is -1.66. The molecule has 2 heterocycles. The van der Waals surface area contributed by atoms with E-state index in [4.69, 9.17) is 5.84 Å². The Labute approximate surface area is 104 Å². The van der Waals surface area contributed by atoms with Crippen molar-refractivity contribution < 1.29 is 0 Å². The molecule has 0 radical (unpaired) electrons. The van der Waals surface area contributed by atoms with Crippen molar-refractivity contribution in [2.45, 2.75) is 20.4 Å². The number of hydrogen-bond donors (Lipinski definition) is 3. The van der Waals surface area contributed by atoms with Crippen molar-refractivity contribution in [3.05, 3.63) is 33.6 Å². The standard InChI is InChI=1S/C11H15N5S/c1-7-3-4-17-9(7)6-13-10-5-8(2)14-11(15-10)16-12/h3-5H,6,12H2,1-2H3,(H2,13,14,15,16). The van der Waals surface area contributed by atoms with Crippen LogP contribution in [0.3, 0.4) is 0 Å². The Bertz CT molecular complexity index is 508. The summed E-state index contributed by atoms with van der Waals surface area (Å²) in [7, 11) is 0. The molecule has 0 atom stereocenters. The van der Waals surface area contributed by atoms with Crippen LogP contribution < -0.4 is 16.6 Å². The summed E-state index contributed by atoms with van der Waals surface area (Å²) in [5.74, 6) is 6.50. The number of aryl methyl sites for hydroxylation is 2. The fraction of sp³-hybridized carbons (Fsp3) is 0.273. The maximum Gasteiger partial charge on any atom is 0.239 e. The summed E-state index contributed by atoms with van der Waals surface area (Å²) in [5.41, 5.74) is 4.62. The van der Waals surface area contributed by atoms with Crippen LogP contribution in [-0.2, 0) is 6.54 Å². The van der Waals surface area contributed by atoms with Gasteiger partial charge >= 0.3 is 0 Å². The summed E-state index contributed by atoms with van der Waals surface area (Å²) < 4.78 is 0. The average Bonchev–Trinajstić information content (AvgIpc) is 2.71. The Balaban J connectivity index is 2.09. The molecule has 0 aliphatic carbocycles. The van der Waals surface area contributed by atoms with Crippen LogP contribution in [0.15, 0.2) is 17.5 Å². The second-order valence-corrected chi connectivity index (χ2v) is 4.74. The van der Waals surface area contributed by atoms with E-state index in [1.807, 2.05) is 13.0 Å². The summed E-state index contributed by atoms with van der Waals surface area (Å²) in [6.07, 6.45) is 0. The van der Waals surface area contributed by atoms with E-state index in [1.165, 1.54) is 10.4 Å². The van der Waals surface area contributed by atoms with Crippen molar-refractivity contribution in [3.63, 3.8) is 0 Å². The van der Waals surface area contributed by atoms with Gasteiger partial charge in [-0.3, -0.25) is 5.43 Å². The first-order chi connectivity index (χ1) is 8.19. The fourth-order valence-corrected chi connectivity index (χ4v) is 2.33. The number of thiophene rings is 1. The first kappa shape index (κ1) is 11.8. The molecule has 4 N–H and O–H groups in total. The average molecular weight is 249 g/mol. The molecule has 0 saturated carbocycles. The van der Waals surface area contributed by atoms with Crippen LogP contribution in [0, 0.1) is 13.8 Å². The van der Waals surface area contributed by atoms with E-state index < -0.39 is 0 Å². The van der Waals surface area contributed by atoms with Crippen molar-refractivity contribution >= 4 is 23.1 Å². The zero-order valence-electron chi connectivity index (χ0n) is 9.82. The lowest BCUT2D eigenvalue weighted by molar-refractivity contribution is 1.04. The zero-order chi connectivity index (χ0) is 12.3. The molecule has 90 valence electrons. The predicted octanol–water partition coefficient (Wildman–Crippen LogP) is 2.05. The summed E-state index contributed by atoms with van der Waals surface area (Å²) >= 11 is 1.74. The highest BCUT2D eigenvalue weighted by Gasteiger charge is 2.03. The maximum absolute atomic E-state index is 5.30. The van der Waals surface area contributed by atoms with Crippen LogP contribution >= 0.6 is 11.3 Å². The van der Waals surface area contributed by atoms with E-state index in [1.54, 1.807) is 11.3 Å². The van der Waals surface area contributed by atoms with Gasteiger partial charge in [0.15, 0.2) is 0 Å². The molecule has 2 aromatic heterocycles. The van der Waals surface area contributed by atoms with Crippen LogP contribution in [0.25, 0.3) is 0 Å². The van der Waals surface area contributed by atoms with Crippen molar-refractivity contribution in [2.75, 3.05) is 10.7 Å². The highest BCUT2D eigenvalue weighted by atomic mass is 32.1. The lowest BCUT2D eigenvalue weighted by Crippen LogP contribution is -2.12. The van der Waals surface area contributed by atoms with E-state index in [0.29, 0.717) is 5.95 Å². The number of nitrogen functional groups attached to an aromatic ring is 1. The minimum atomic E-state index is 0.426. The van der Waals surface area contributed by atoms with E-state index in [-0.39, 0.29) is 0 Å². The van der Waals surface area contributed by atoms with Crippen LogP contribution in [-0.4, -0.2) is 9.97 Å². The zero-order valence-corrected chi connectivity index (χ0v) is 10.6. The molecular formula is C11H15N5S. The van der Waals surface area contributed by atoms with Gasteiger partial charge in [-0.15, -0.1) is 11.3 Å². The monoisotopic (exact) mass is 249 g/mol. The maximum atomic E-state index is 5.30. The summed E-state index contributed by atoms with van der Waals surface area (Å²) in [5, 5.41) is 5.35. The van der Waals surface area contributed by atoms with Gasteiger partial charge < -0.3 is 5.32 Å². The molecule has 0 aliphatic heterocycles. The number of rotatable bonds is 4. The molecule has 17 heavy (non-hydrogen) atoms. The van der Waals surface area contributed by atoms with Crippen molar-refractivity contribution in [1.29, 1.82) is 0 Å². The molecule has 0 amide bonds. The van der Waals surface area contributed by atoms with E-state index in [9.17, 15) is 0 Å². The third-order valence-electron chi connectivity index (χ3n) is 2.38. The third-order valence-corrected chi connectivity index (χ3v) is 3.40. The fourth-order valence-electron chi connectivity index (χ4n) is 1.48. The van der Waals surface area contributed by atoms with Gasteiger partial charge in [0, 0.05) is 16.6 Å². The van der Waals surface area contributed by atoms with Gasteiger partial charge in [-0.25, -0.2) is 10.8 Å². The van der Waals surface area contributed by atoms with Gasteiger partial charge in [0.2, 0.25) is 5.95 Å². The SMILES string of the molecule is Cc1cc(NCc2sccc2C)nc(NN)n1. The van der Waals surface area contributed by atoms with Gasteiger partial charge in [-0.05, 0) is 30.9 Å². The Morgan fingerprint density at radius 3 is 2.82 bits per heavy atom. The number of aromatic nitrogens is 2. The van der Waals surface area contributed by atoms with Crippen molar-refractivity contribution in [2.24, 2.45) is 5.84 Å². The van der Waals surface area contributed by atoms with Gasteiger partial charge in [0.1, 0.15) is 5.82 Å². The molecule has 0 aliphatic rings. The molecule has 0 bridgehead atoms. The highest BCUT2D eigenvalue weighted by molar-refractivity contribution is 7.10.